The fraction of sp³-hybridized carbons (Fsp3) is 0.136. The Hall–Kier alpha value is -2.41. The molecular formula is C22H17ClN2O2S2. The number of thioether (sulfide) groups is 1. The monoisotopic (exact) mass is 440 g/mol. The van der Waals surface area contributed by atoms with Gasteiger partial charge < -0.3 is 0 Å². The number of halogens is 1. The van der Waals surface area contributed by atoms with Crippen LogP contribution in [0, 0.1) is 13.8 Å². The minimum atomic E-state index is -0.145. The summed E-state index contributed by atoms with van der Waals surface area (Å²) in [5.41, 5.74) is 3.45. The van der Waals surface area contributed by atoms with Crippen molar-refractivity contribution < 1.29 is 4.79 Å². The Morgan fingerprint density at radius 1 is 1.10 bits per heavy atom. The number of ketones is 1. The lowest BCUT2D eigenvalue weighted by molar-refractivity contribution is 0.102. The van der Waals surface area contributed by atoms with Crippen molar-refractivity contribution in [1.82, 2.24) is 9.55 Å². The Morgan fingerprint density at radius 3 is 2.62 bits per heavy atom. The van der Waals surface area contributed by atoms with Crippen molar-refractivity contribution in [3.63, 3.8) is 0 Å². The standard InChI is InChI=1S/C22H17ClN2O2S2/c1-13-7-8-15(11-14(13)2)25-21(27)16-5-3-4-6-17(16)24-22(25)28-12-18(26)19-9-10-20(23)29-19/h3-11H,12H2,1-2H3. The van der Waals surface area contributed by atoms with Gasteiger partial charge in [0.1, 0.15) is 0 Å². The van der Waals surface area contributed by atoms with Gasteiger partial charge in [0, 0.05) is 0 Å². The zero-order chi connectivity index (χ0) is 20.5. The highest BCUT2D eigenvalue weighted by molar-refractivity contribution is 7.99. The van der Waals surface area contributed by atoms with Gasteiger partial charge in [0.2, 0.25) is 0 Å². The largest absolute Gasteiger partial charge is 0.292 e. The van der Waals surface area contributed by atoms with Crippen LogP contribution in [0.2, 0.25) is 4.34 Å². The van der Waals surface area contributed by atoms with E-state index in [9.17, 15) is 9.59 Å². The summed E-state index contributed by atoms with van der Waals surface area (Å²) in [5, 5.41) is 1.04. The Labute approximate surface area is 181 Å². The fourth-order valence-electron chi connectivity index (χ4n) is 2.97. The van der Waals surface area contributed by atoms with Gasteiger partial charge in [0.05, 0.1) is 31.6 Å². The number of thiophene rings is 1. The van der Waals surface area contributed by atoms with E-state index in [1.54, 1.807) is 22.8 Å². The number of para-hydroxylation sites is 1. The molecule has 0 saturated carbocycles. The van der Waals surface area contributed by atoms with Gasteiger partial charge in [-0.25, -0.2) is 4.98 Å². The van der Waals surface area contributed by atoms with Gasteiger partial charge in [-0.05, 0) is 61.4 Å². The second kappa shape index (κ2) is 8.14. The van der Waals surface area contributed by atoms with E-state index in [2.05, 4.69) is 4.98 Å². The number of benzene rings is 2. The molecule has 0 unspecified atom stereocenters. The molecule has 0 bridgehead atoms. The minimum Gasteiger partial charge on any atom is -0.292 e. The second-order valence-electron chi connectivity index (χ2n) is 6.64. The molecule has 2 heterocycles. The van der Waals surface area contributed by atoms with E-state index in [4.69, 9.17) is 11.6 Å². The number of aryl methyl sites for hydroxylation is 2. The molecular weight excluding hydrogens is 424 g/mol. The molecule has 29 heavy (non-hydrogen) atoms. The first-order valence-corrected chi connectivity index (χ1v) is 11.1. The molecule has 0 saturated heterocycles. The minimum absolute atomic E-state index is 0.0408. The first-order chi connectivity index (χ1) is 13.9. The van der Waals surface area contributed by atoms with Gasteiger partial charge in [0.15, 0.2) is 10.9 Å². The summed E-state index contributed by atoms with van der Waals surface area (Å²) in [6.07, 6.45) is 0. The van der Waals surface area contributed by atoms with Gasteiger partial charge in [-0.3, -0.25) is 14.2 Å². The van der Waals surface area contributed by atoms with Crippen LogP contribution in [0.1, 0.15) is 20.8 Å². The smallest absolute Gasteiger partial charge is 0.266 e. The highest BCUT2D eigenvalue weighted by Gasteiger charge is 2.16. The number of hydrogen-bond acceptors (Lipinski definition) is 5. The van der Waals surface area contributed by atoms with Crippen LogP contribution < -0.4 is 5.56 Å². The molecule has 0 aliphatic carbocycles. The molecule has 0 aliphatic heterocycles. The van der Waals surface area contributed by atoms with E-state index in [0.29, 0.717) is 25.3 Å². The van der Waals surface area contributed by atoms with Crippen molar-refractivity contribution in [3.8, 4) is 5.69 Å². The molecule has 0 fully saturated rings. The van der Waals surface area contributed by atoms with Gasteiger partial charge in [0.25, 0.3) is 5.56 Å². The molecule has 7 heteroatoms. The summed E-state index contributed by atoms with van der Waals surface area (Å²) in [4.78, 5) is 31.1. The topological polar surface area (TPSA) is 52.0 Å². The van der Waals surface area contributed by atoms with Crippen LogP contribution in [0.4, 0.5) is 0 Å². The van der Waals surface area contributed by atoms with E-state index in [0.717, 1.165) is 16.8 Å². The van der Waals surface area contributed by atoms with Crippen LogP contribution in [0.5, 0.6) is 0 Å². The predicted octanol–water partition coefficient (Wildman–Crippen LogP) is 5.69. The number of Topliss-reactive ketones (excluding diaryl/α,β-unsaturated/α-hetero) is 1. The summed E-state index contributed by atoms with van der Waals surface area (Å²) in [6.45, 7) is 4.04. The normalized spacial score (nSPS) is 11.1. The summed E-state index contributed by atoms with van der Waals surface area (Å²) in [5.74, 6) is 0.132. The number of rotatable bonds is 5. The molecule has 0 radical (unpaired) electrons. The molecule has 0 atom stereocenters. The maximum Gasteiger partial charge on any atom is 0.266 e. The number of nitrogens with zero attached hydrogens (tertiary/aromatic N) is 2. The molecule has 0 N–H and O–H groups in total. The van der Waals surface area contributed by atoms with E-state index in [1.807, 2.05) is 50.2 Å². The van der Waals surface area contributed by atoms with E-state index in [1.165, 1.54) is 23.1 Å². The number of aromatic nitrogens is 2. The summed E-state index contributed by atoms with van der Waals surface area (Å²) < 4.78 is 2.17. The van der Waals surface area contributed by atoms with Gasteiger partial charge >= 0.3 is 0 Å². The van der Waals surface area contributed by atoms with E-state index >= 15 is 0 Å². The Kier molecular flexibility index (Phi) is 5.58. The third-order valence-electron chi connectivity index (χ3n) is 4.67. The summed E-state index contributed by atoms with van der Waals surface area (Å²) in [7, 11) is 0. The number of carbonyl (C=O) groups excluding carboxylic acids is 1. The first kappa shape index (κ1) is 19.9. The quantitative estimate of drug-likeness (QED) is 0.227. The summed E-state index contributed by atoms with van der Waals surface area (Å²) in [6, 6.07) is 16.6. The Morgan fingerprint density at radius 2 is 1.90 bits per heavy atom. The van der Waals surface area contributed by atoms with Crippen LogP contribution >= 0.6 is 34.7 Å². The van der Waals surface area contributed by atoms with Gasteiger partial charge in [-0.2, -0.15) is 0 Å². The molecule has 2 aromatic heterocycles. The number of carbonyl (C=O) groups is 1. The lowest BCUT2D eigenvalue weighted by atomic mass is 10.1. The van der Waals surface area contributed by atoms with Crippen LogP contribution in [0.25, 0.3) is 16.6 Å². The van der Waals surface area contributed by atoms with Crippen molar-refractivity contribution in [2.45, 2.75) is 19.0 Å². The summed E-state index contributed by atoms with van der Waals surface area (Å²) >= 11 is 8.46. The molecule has 4 aromatic rings. The average molecular weight is 441 g/mol. The Balaban J connectivity index is 1.80. The average Bonchev–Trinajstić information content (AvgIpc) is 3.15. The molecule has 0 spiro atoms. The van der Waals surface area contributed by atoms with Crippen molar-refractivity contribution in [3.05, 3.63) is 85.3 Å². The predicted molar refractivity (Wildman–Crippen MR) is 121 cm³/mol. The van der Waals surface area contributed by atoms with Crippen LogP contribution in [0.15, 0.2) is 64.5 Å². The number of fused-ring (bicyclic) bond motifs is 1. The zero-order valence-corrected chi connectivity index (χ0v) is 18.2. The zero-order valence-electron chi connectivity index (χ0n) is 15.8. The highest BCUT2D eigenvalue weighted by Crippen LogP contribution is 2.26. The first-order valence-electron chi connectivity index (χ1n) is 8.95. The third-order valence-corrected chi connectivity index (χ3v) is 6.88. The molecule has 0 amide bonds. The maximum absolute atomic E-state index is 13.3. The SMILES string of the molecule is Cc1ccc(-n2c(SCC(=O)c3ccc(Cl)s3)nc3ccccc3c2=O)cc1C. The molecule has 0 aliphatic rings. The molecule has 2 aromatic carbocycles. The molecule has 4 nitrogen and oxygen atoms in total. The molecule has 146 valence electrons. The van der Waals surface area contributed by atoms with Crippen molar-refractivity contribution in [2.75, 3.05) is 5.75 Å². The van der Waals surface area contributed by atoms with E-state index < -0.39 is 0 Å². The number of hydrogen-bond donors (Lipinski definition) is 0. The highest BCUT2D eigenvalue weighted by atomic mass is 35.5. The van der Waals surface area contributed by atoms with Crippen molar-refractivity contribution in [2.24, 2.45) is 0 Å². The van der Waals surface area contributed by atoms with E-state index in [-0.39, 0.29) is 17.1 Å². The van der Waals surface area contributed by atoms with Crippen LogP contribution in [-0.4, -0.2) is 21.1 Å². The Bertz CT molecular complexity index is 1290. The lowest BCUT2D eigenvalue weighted by Crippen LogP contribution is -2.22. The fourth-order valence-corrected chi connectivity index (χ4v) is 4.93. The van der Waals surface area contributed by atoms with Gasteiger partial charge in [-0.1, -0.05) is 41.6 Å². The third kappa shape index (κ3) is 4.01. The van der Waals surface area contributed by atoms with Crippen molar-refractivity contribution in [1.29, 1.82) is 0 Å². The molecule has 4 rings (SSSR count). The maximum atomic E-state index is 13.3. The van der Waals surface area contributed by atoms with Gasteiger partial charge in [-0.15, -0.1) is 11.3 Å². The van der Waals surface area contributed by atoms with Crippen LogP contribution in [0.3, 0.4) is 0 Å². The lowest BCUT2D eigenvalue weighted by Gasteiger charge is -2.14. The second-order valence-corrected chi connectivity index (χ2v) is 9.29. The van der Waals surface area contributed by atoms with Crippen LogP contribution in [-0.2, 0) is 0 Å². The van der Waals surface area contributed by atoms with Crippen molar-refractivity contribution >= 4 is 51.4 Å².